The van der Waals surface area contributed by atoms with Crippen LogP contribution < -0.4 is 0 Å². The highest BCUT2D eigenvalue weighted by Gasteiger charge is 2.09. The van der Waals surface area contributed by atoms with Crippen LogP contribution in [-0.4, -0.2) is 11.1 Å². The molecule has 0 unspecified atom stereocenters. The standard InChI is InChI=1S/C31H60O2/c1-5-6-7-8-9-10-11-12-13-17-20-23-26-30(29(4)31(32)33)27-24-21-18-15-14-16-19-22-25-28(2)3/h28H,5-27H2,1-4H3,(H,32,33). The van der Waals surface area contributed by atoms with Gasteiger partial charge in [0.15, 0.2) is 0 Å². The molecule has 0 saturated heterocycles. The molecule has 0 aromatic rings. The monoisotopic (exact) mass is 464 g/mol. The van der Waals surface area contributed by atoms with E-state index in [2.05, 4.69) is 20.8 Å². The van der Waals surface area contributed by atoms with Crippen LogP contribution in [0.2, 0.25) is 0 Å². The van der Waals surface area contributed by atoms with Crippen molar-refractivity contribution in [2.45, 2.75) is 175 Å². The number of carboxylic acid groups (broad SMARTS) is 1. The van der Waals surface area contributed by atoms with Crippen molar-refractivity contribution in [3.63, 3.8) is 0 Å². The molecule has 0 spiro atoms. The molecule has 2 nitrogen and oxygen atoms in total. The smallest absolute Gasteiger partial charge is 0.331 e. The van der Waals surface area contributed by atoms with E-state index in [1.165, 1.54) is 128 Å². The fourth-order valence-electron chi connectivity index (χ4n) is 4.78. The van der Waals surface area contributed by atoms with Gasteiger partial charge in [-0.2, -0.15) is 0 Å². The van der Waals surface area contributed by atoms with Crippen LogP contribution in [0, 0.1) is 5.92 Å². The van der Waals surface area contributed by atoms with Crippen molar-refractivity contribution >= 4 is 5.97 Å². The Kier molecular flexibility index (Phi) is 23.8. The van der Waals surface area contributed by atoms with Crippen LogP contribution in [0.4, 0.5) is 0 Å². The van der Waals surface area contributed by atoms with Gasteiger partial charge in [0.2, 0.25) is 0 Å². The highest BCUT2D eigenvalue weighted by Crippen LogP contribution is 2.22. The van der Waals surface area contributed by atoms with Crippen molar-refractivity contribution in [2.24, 2.45) is 5.92 Å². The number of allylic oxidation sites excluding steroid dienone is 1. The third-order valence-electron chi connectivity index (χ3n) is 7.19. The molecule has 2 heteroatoms. The van der Waals surface area contributed by atoms with Gasteiger partial charge >= 0.3 is 5.97 Å². The highest BCUT2D eigenvalue weighted by molar-refractivity contribution is 5.86. The molecule has 0 aliphatic rings. The zero-order valence-corrected chi connectivity index (χ0v) is 23.2. The summed E-state index contributed by atoms with van der Waals surface area (Å²) in [4.78, 5) is 11.5. The first kappa shape index (κ1) is 32.2. The van der Waals surface area contributed by atoms with Gasteiger partial charge in [-0.15, -0.1) is 0 Å². The fraction of sp³-hybridized carbons (Fsp3) is 0.903. The van der Waals surface area contributed by atoms with Crippen molar-refractivity contribution in [2.75, 3.05) is 0 Å². The third-order valence-corrected chi connectivity index (χ3v) is 7.19. The summed E-state index contributed by atoms with van der Waals surface area (Å²) >= 11 is 0. The van der Waals surface area contributed by atoms with Gasteiger partial charge in [-0.1, -0.05) is 148 Å². The maximum Gasteiger partial charge on any atom is 0.331 e. The van der Waals surface area contributed by atoms with Gasteiger partial charge in [0.05, 0.1) is 0 Å². The Labute approximate surface area is 208 Å². The number of carboxylic acids is 1. The summed E-state index contributed by atoms with van der Waals surface area (Å²) in [6.45, 7) is 8.72. The van der Waals surface area contributed by atoms with Crippen LogP contribution in [0.25, 0.3) is 0 Å². The van der Waals surface area contributed by atoms with Crippen LogP contribution in [0.1, 0.15) is 175 Å². The van der Waals surface area contributed by atoms with E-state index in [1.807, 2.05) is 6.92 Å². The fourth-order valence-corrected chi connectivity index (χ4v) is 4.78. The average molecular weight is 465 g/mol. The molecule has 0 amide bonds. The molecule has 0 aliphatic carbocycles. The predicted molar refractivity (Wildman–Crippen MR) is 147 cm³/mol. The first-order valence-corrected chi connectivity index (χ1v) is 14.9. The lowest BCUT2D eigenvalue weighted by atomic mass is 9.95. The number of carbonyl (C=O) groups is 1. The minimum absolute atomic E-state index is 0.614. The van der Waals surface area contributed by atoms with Gasteiger partial charge in [-0.05, 0) is 38.5 Å². The molecule has 0 aliphatic heterocycles. The van der Waals surface area contributed by atoms with Crippen LogP contribution in [0.15, 0.2) is 11.1 Å². The average Bonchev–Trinajstić information content (AvgIpc) is 2.78. The number of rotatable bonds is 25. The summed E-state index contributed by atoms with van der Waals surface area (Å²) < 4.78 is 0. The summed E-state index contributed by atoms with van der Waals surface area (Å²) in [5.74, 6) is 0.127. The molecule has 0 saturated carbocycles. The first-order valence-electron chi connectivity index (χ1n) is 14.9. The van der Waals surface area contributed by atoms with E-state index in [0.29, 0.717) is 5.57 Å². The molecule has 0 bridgehead atoms. The van der Waals surface area contributed by atoms with E-state index in [0.717, 1.165) is 31.6 Å². The zero-order chi connectivity index (χ0) is 24.6. The number of aliphatic carboxylic acids is 1. The number of unbranched alkanes of at least 4 members (excludes halogenated alkanes) is 18. The third kappa shape index (κ3) is 22.8. The van der Waals surface area contributed by atoms with E-state index >= 15 is 0 Å². The van der Waals surface area contributed by atoms with Gasteiger partial charge in [0.1, 0.15) is 0 Å². The van der Waals surface area contributed by atoms with Crippen LogP contribution in [0.5, 0.6) is 0 Å². The highest BCUT2D eigenvalue weighted by atomic mass is 16.4. The van der Waals surface area contributed by atoms with Crippen LogP contribution in [0.3, 0.4) is 0 Å². The molecule has 196 valence electrons. The van der Waals surface area contributed by atoms with Crippen molar-refractivity contribution in [3.8, 4) is 0 Å². The van der Waals surface area contributed by atoms with E-state index in [1.54, 1.807) is 0 Å². The van der Waals surface area contributed by atoms with Gasteiger partial charge in [0.25, 0.3) is 0 Å². The first-order chi connectivity index (χ1) is 16.0. The second-order valence-electron chi connectivity index (χ2n) is 10.9. The SMILES string of the molecule is CCCCCCCCCCCCCCC(CCCCCCCCCCC(C)C)=C(C)C(=O)O. The minimum atomic E-state index is -0.717. The molecule has 1 N–H and O–H groups in total. The molecule has 0 radical (unpaired) electrons. The summed E-state index contributed by atoms with van der Waals surface area (Å²) in [6, 6.07) is 0. The van der Waals surface area contributed by atoms with Crippen molar-refractivity contribution < 1.29 is 9.90 Å². The molecular weight excluding hydrogens is 404 g/mol. The molecule has 33 heavy (non-hydrogen) atoms. The molecular formula is C31H60O2. The van der Waals surface area contributed by atoms with Gasteiger partial charge < -0.3 is 5.11 Å². The van der Waals surface area contributed by atoms with E-state index < -0.39 is 5.97 Å². The van der Waals surface area contributed by atoms with Crippen LogP contribution >= 0.6 is 0 Å². The second kappa shape index (κ2) is 24.3. The minimum Gasteiger partial charge on any atom is -0.478 e. The molecule has 0 aromatic heterocycles. The van der Waals surface area contributed by atoms with Crippen LogP contribution in [-0.2, 0) is 4.79 Å². The van der Waals surface area contributed by atoms with E-state index in [9.17, 15) is 9.90 Å². The van der Waals surface area contributed by atoms with Gasteiger partial charge in [-0.3, -0.25) is 0 Å². The summed E-state index contributed by atoms with van der Waals surface area (Å²) in [6.07, 6.45) is 30.2. The Balaban J connectivity index is 3.77. The maximum absolute atomic E-state index is 11.5. The van der Waals surface area contributed by atoms with E-state index in [-0.39, 0.29) is 0 Å². The Morgan fingerprint density at radius 3 is 1.24 bits per heavy atom. The normalized spacial score (nSPS) is 12.4. The lowest BCUT2D eigenvalue weighted by Crippen LogP contribution is -2.02. The molecule has 0 heterocycles. The topological polar surface area (TPSA) is 37.3 Å². The van der Waals surface area contributed by atoms with Gasteiger partial charge in [-0.25, -0.2) is 4.79 Å². The summed E-state index contributed by atoms with van der Waals surface area (Å²) in [7, 11) is 0. The second-order valence-corrected chi connectivity index (χ2v) is 10.9. The van der Waals surface area contributed by atoms with E-state index in [4.69, 9.17) is 0 Å². The Hall–Kier alpha value is -0.790. The summed E-state index contributed by atoms with van der Waals surface area (Å²) in [5, 5.41) is 9.46. The zero-order valence-electron chi connectivity index (χ0n) is 23.2. The predicted octanol–water partition coefficient (Wildman–Crippen LogP) is 11.0. The Morgan fingerprint density at radius 1 is 0.576 bits per heavy atom. The molecule has 0 rings (SSSR count). The van der Waals surface area contributed by atoms with Crippen molar-refractivity contribution in [3.05, 3.63) is 11.1 Å². The number of hydrogen-bond acceptors (Lipinski definition) is 1. The maximum atomic E-state index is 11.5. The molecule has 0 atom stereocenters. The lowest BCUT2D eigenvalue weighted by Gasteiger charge is -2.11. The lowest BCUT2D eigenvalue weighted by molar-refractivity contribution is -0.132. The largest absolute Gasteiger partial charge is 0.478 e. The molecule has 0 aromatic carbocycles. The Bertz CT molecular complexity index is 464. The molecule has 0 fully saturated rings. The van der Waals surface area contributed by atoms with Gasteiger partial charge in [0, 0.05) is 5.57 Å². The van der Waals surface area contributed by atoms with Crippen molar-refractivity contribution in [1.29, 1.82) is 0 Å². The quantitative estimate of drug-likeness (QED) is 0.108. The number of hydrogen-bond donors (Lipinski definition) is 1. The summed E-state index contributed by atoms with van der Waals surface area (Å²) in [5.41, 5.74) is 1.83. The van der Waals surface area contributed by atoms with Crippen molar-refractivity contribution in [1.82, 2.24) is 0 Å². The Morgan fingerprint density at radius 2 is 0.909 bits per heavy atom.